The number of nitrogens with zero attached hydrogens (tertiary/aromatic N) is 4. The molecule has 2 aromatic carbocycles. The van der Waals surface area contributed by atoms with E-state index in [2.05, 4.69) is 5.10 Å². The number of benzene rings is 2. The molecule has 1 aliphatic heterocycles. The lowest BCUT2D eigenvalue weighted by Gasteiger charge is -2.33. The standard InChI is InChI=1S/C22H24N4O3S/c1-18(27)24-12-14-26(15-13-24)30(28,29)21-17-25(16-19-8-4-2-5-9-19)23-22(21)20-10-6-3-7-11-20/h2-11,17H,12-16H2,1H3. The Hall–Kier alpha value is -2.97. The predicted octanol–water partition coefficient (Wildman–Crippen LogP) is 2.45. The van der Waals surface area contributed by atoms with Crippen LogP contribution in [0.25, 0.3) is 11.3 Å². The van der Waals surface area contributed by atoms with E-state index in [9.17, 15) is 13.2 Å². The molecule has 8 heteroatoms. The summed E-state index contributed by atoms with van der Waals surface area (Å²) in [5, 5.41) is 4.63. The van der Waals surface area contributed by atoms with E-state index in [4.69, 9.17) is 0 Å². The summed E-state index contributed by atoms with van der Waals surface area (Å²) in [5.74, 6) is -0.0345. The zero-order chi connectivity index (χ0) is 21.1. The van der Waals surface area contributed by atoms with Crippen molar-refractivity contribution < 1.29 is 13.2 Å². The minimum absolute atomic E-state index is 0.0345. The van der Waals surface area contributed by atoms with Gasteiger partial charge in [-0.2, -0.15) is 9.40 Å². The third kappa shape index (κ3) is 4.15. The van der Waals surface area contributed by atoms with Gasteiger partial charge in [0.15, 0.2) is 0 Å². The summed E-state index contributed by atoms with van der Waals surface area (Å²) in [4.78, 5) is 13.5. The van der Waals surface area contributed by atoms with Crippen molar-refractivity contribution in [3.63, 3.8) is 0 Å². The summed E-state index contributed by atoms with van der Waals surface area (Å²) < 4.78 is 30.1. The van der Waals surface area contributed by atoms with Gasteiger partial charge in [-0.05, 0) is 5.56 Å². The fraction of sp³-hybridized carbons (Fsp3) is 0.273. The van der Waals surface area contributed by atoms with Crippen LogP contribution in [-0.4, -0.2) is 59.5 Å². The highest BCUT2D eigenvalue weighted by Gasteiger charge is 2.33. The lowest BCUT2D eigenvalue weighted by Crippen LogP contribution is -2.49. The van der Waals surface area contributed by atoms with Crippen LogP contribution >= 0.6 is 0 Å². The SMILES string of the molecule is CC(=O)N1CCN(S(=O)(=O)c2cn(Cc3ccccc3)nc2-c2ccccc2)CC1. The highest BCUT2D eigenvalue weighted by molar-refractivity contribution is 7.89. The van der Waals surface area contributed by atoms with Gasteiger partial charge in [-0.3, -0.25) is 9.48 Å². The lowest BCUT2D eigenvalue weighted by molar-refractivity contribution is -0.129. The molecule has 0 aliphatic carbocycles. The van der Waals surface area contributed by atoms with Crippen molar-refractivity contribution in [2.24, 2.45) is 0 Å². The highest BCUT2D eigenvalue weighted by Crippen LogP contribution is 2.29. The molecule has 30 heavy (non-hydrogen) atoms. The topological polar surface area (TPSA) is 75.5 Å². The molecule has 0 radical (unpaired) electrons. The van der Waals surface area contributed by atoms with Gasteiger partial charge >= 0.3 is 0 Å². The van der Waals surface area contributed by atoms with E-state index in [1.165, 1.54) is 11.2 Å². The second kappa shape index (κ2) is 8.41. The quantitative estimate of drug-likeness (QED) is 0.631. The van der Waals surface area contributed by atoms with Crippen molar-refractivity contribution in [2.45, 2.75) is 18.4 Å². The first-order valence-electron chi connectivity index (χ1n) is 9.87. The molecule has 1 amide bonds. The number of hydrogen-bond donors (Lipinski definition) is 0. The molecule has 0 saturated carbocycles. The van der Waals surface area contributed by atoms with Crippen molar-refractivity contribution in [3.8, 4) is 11.3 Å². The molecule has 3 aromatic rings. The third-order valence-corrected chi connectivity index (χ3v) is 7.16. The fourth-order valence-corrected chi connectivity index (χ4v) is 5.20. The molecule has 0 spiro atoms. The average molecular weight is 425 g/mol. The van der Waals surface area contributed by atoms with Gasteiger partial charge in [-0.1, -0.05) is 60.7 Å². The second-order valence-electron chi connectivity index (χ2n) is 7.30. The van der Waals surface area contributed by atoms with Crippen LogP contribution in [0.5, 0.6) is 0 Å². The molecule has 1 aliphatic rings. The minimum atomic E-state index is -3.75. The molecular weight excluding hydrogens is 400 g/mol. The molecule has 4 rings (SSSR count). The predicted molar refractivity (Wildman–Crippen MR) is 114 cm³/mol. The summed E-state index contributed by atoms with van der Waals surface area (Å²) >= 11 is 0. The maximum Gasteiger partial charge on any atom is 0.246 e. The summed E-state index contributed by atoms with van der Waals surface area (Å²) in [5.41, 5.74) is 2.24. The molecule has 156 valence electrons. The van der Waals surface area contributed by atoms with E-state index in [0.29, 0.717) is 25.3 Å². The Balaban J connectivity index is 1.69. The summed E-state index contributed by atoms with van der Waals surface area (Å²) in [7, 11) is -3.75. The number of carbonyl (C=O) groups is 1. The summed E-state index contributed by atoms with van der Waals surface area (Å²) in [6.45, 7) is 3.33. The first kappa shape index (κ1) is 20.3. The van der Waals surface area contributed by atoms with Crippen molar-refractivity contribution in [1.82, 2.24) is 19.0 Å². The second-order valence-corrected chi connectivity index (χ2v) is 9.21. The lowest BCUT2D eigenvalue weighted by atomic mass is 10.2. The third-order valence-electron chi connectivity index (χ3n) is 5.26. The minimum Gasteiger partial charge on any atom is -0.340 e. The Morgan fingerprint density at radius 3 is 2.13 bits per heavy atom. The van der Waals surface area contributed by atoms with Crippen LogP contribution in [0.15, 0.2) is 71.8 Å². The number of piperazine rings is 1. The van der Waals surface area contributed by atoms with Gasteiger partial charge in [0.25, 0.3) is 0 Å². The molecule has 1 aromatic heterocycles. The highest BCUT2D eigenvalue weighted by atomic mass is 32.2. The van der Waals surface area contributed by atoms with E-state index in [1.807, 2.05) is 60.7 Å². The van der Waals surface area contributed by atoms with E-state index in [-0.39, 0.29) is 23.9 Å². The smallest absolute Gasteiger partial charge is 0.246 e. The van der Waals surface area contributed by atoms with Gasteiger partial charge in [-0.25, -0.2) is 8.42 Å². The van der Waals surface area contributed by atoms with Crippen molar-refractivity contribution in [1.29, 1.82) is 0 Å². The van der Waals surface area contributed by atoms with Crippen LogP contribution < -0.4 is 0 Å². The van der Waals surface area contributed by atoms with E-state index < -0.39 is 10.0 Å². The van der Waals surface area contributed by atoms with Gasteiger partial charge in [0.1, 0.15) is 10.6 Å². The Morgan fingerprint density at radius 1 is 0.933 bits per heavy atom. The first-order valence-corrected chi connectivity index (χ1v) is 11.3. The Kier molecular flexibility index (Phi) is 5.69. The van der Waals surface area contributed by atoms with Crippen LogP contribution in [-0.2, 0) is 21.4 Å². The van der Waals surface area contributed by atoms with Crippen LogP contribution in [0.1, 0.15) is 12.5 Å². The van der Waals surface area contributed by atoms with Crippen LogP contribution in [0.3, 0.4) is 0 Å². The average Bonchev–Trinajstić information content (AvgIpc) is 3.20. The van der Waals surface area contributed by atoms with Crippen molar-refractivity contribution in [3.05, 3.63) is 72.4 Å². The van der Waals surface area contributed by atoms with Gasteiger partial charge < -0.3 is 4.90 Å². The maximum atomic E-state index is 13.5. The number of carbonyl (C=O) groups excluding carboxylic acids is 1. The van der Waals surface area contributed by atoms with E-state index >= 15 is 0 Å². The normalized spacial score (nSPS) is 15.3. The molecular formula is C22H24N4O3S. The van der Waals surface area contributed by atoms with Crippen LogP contribution in [0, 0.1) is 0 Å². The van der Waals surface area contributed by atoms with Crippen LogP contribution in [0.4, 0.5) is 0 Å². The van der Waals surface area contributed by atoms with Crippen molar-refractivity contribution in [2.75, 3.05) is 26.2 Å². The molecule has 7 nitrogen and oxygen atoms in total. The monoisotopic (exact) mass is 424 g/mol. The van der Waals surface area contributed by atoms with Gasteiger partial charge in [0, 0.05) is 44.9 Å². The molecule has 1 fully saturated rings. The number of amides is 1. The van der Waals surface area contributed by atoms with Gasteiger partial charge in [0.2, 0.25) is 15.9 Å². The van der Waals surface area contributed by atoms with Crippen LogP contribution in [0.2, 0.25) is 0 Å². The maximum absolute atomic E-state index is 13.5. The molecule has 1 saturated heterocycles. The Labute approximate surface area is 176 Å². The fourth-order valence-electron chi connectivity index (χ4n) is 3.62. The van der Waals surface area contributed by atoms with E-state index in [0.717, 1.165) is 11.1 Å². The molecule has 0 bridgehead atoms. The number of hydrogen-bond acceptors (Lipinski definition) is 4. The number of sulfonamides is 1. The first-order chi connectivity index (χ1) is 14.4. The Bertz CT molecular complexity index is 1120. The van der Waals surface area contributed by atoms with Gasteiger partial charge in [-0.15, -0.1) is 0 Å². The summed E-state index contributed by atoms with van der Waals surface area (Å²) in [6.07, 6.45) is 1.61. The molecule has 0 unspecified atom stereocenters. The molecule has 2 heterocycles. The number of rotatable bonds is 5. The molecule has 0 atom stereocenters. The van der Waals surface area contributed by atoms with E-state index in [1.54, 1.807) is 15.8 Å². The largest absolute Gasteiger partial charge is 0.340 e. The summed E-state index contributed by atoms with van der Waals surface area (Å²) in [6, 6.07) is 19.2. The number of aromatic nitrogens is 2. The zero-order valence-corrected chi connectivity index (χ0v) is 17.6. The Morgan fingerprint density at radius 2 is 1.53 bits per heavy atom. The molecule has 0 N–H and O–H groups in total. The van der Waals surface area contributed by atoms with Gasteiger partial charge in [0.05, 0.1) is 6.54 Å². The zero-order valence-electron chi connectivity index (χ0n) is 16.8. The van der Waals surface area contributed by atoms with Crippen molar-refractivity contribution >= 4 is 15.9 Å².